The first kappa shape index (κ1) is 30.7. The first-order valence-corrected chi connectivity index (χ1v) is 17.1. The van der Waals surface area contributed by atoms with Crippen LogP contribution in [0.3, 0.4) is 0 Å². The number of rotatable bonds is 10. The fourth-order valence-corrected chi connectivity index (χ4v) is 7.05. The van der Waals surface area contributed by atoms with E-state index in [9.17, 15) is 8.42 Å². The maximum absolute atomic E-state index is 13.0. The van der Waals surface area contributed by atoms with Crippen LogP contribution in [0.4, 0.5) is 23.0 Å². The van der Waals surface area contributed by atoms with Crippen LogP contribution in [-0.2, 0) is 16.4 Å². The zero-order valence-corrected chi connectivity index (χ0v) is 27.0. The molecule has 12 heteroatoms. The molecule has 2 aliphatic heterocycles. The quantitative estimate of drug-likeness (QED) is 0.221. The van der Waals surface area contributed by atoms with Crippen molar-refractivity contribution in [1.82, 2.24) is 24.5 Å². The minimum absolute atomic E-state index is 0.235. The van der Waals surface area contributed by atoms with Crippen LogP contribution in [0.2, 0.25) is 5.02 Å². The van der Waals surface area contributed by atoms with Crippen molar-refractivity contribution in [2.75, 3.05) is 88.1 Å². The van der Waals surface area contributed by atoms with Crippen molar-refractivity contribution < 1.29 is 8.42 Å². The SMILES string of the molecule is CN1CCN(c2cc(Nc3ccc(S(=O)(=O)NCCCc4c[nH]c5ccc(Cl)cc45)cc3)nc(N3CCN(C)CC3)c2)CC1. The summed E-state index contributed by atoms with van der Waals surface area (Å²) >= 11 is 6.16. The highest BCUT2D eigenvalue weighted by atomic mass is 35.5. The maximum Gasteiger partial charge on any atom is 0.240 e. The van der Waals surface area contributed by atoms with Crippen LogP contribution < -0.4 is 19.8 Å². The number of likely N-dealkylation sites (N-methyl/N-ethyl adjacent to an activating group) is 2. The van der Waals surface area contributed by atoms with Gasteiger partial charge in [-0.2, -0.15) is 0 Å². The second-order valence-corrected chi connectivity index (χ2v) is 14.0. The zero-order valence-electron chi connectivity index (χ0n) is 25.4. The van der Waals surface area contributed by atoms with Crippen LogP contribution >= 0.6 is 11.6 Å². The number of H-pyrrole nitrogens is 1. The third kappa shape index (κ3) is 7.30. The predicted octanol–water partition coefficient (Wildman–Crippen LogP) is 4.37. The van der Waals surface area contributed by atoms with Gasteiger partial charge in [0.25, 0.3) is 0 Å². The number of pyridine rings is 1. The van der Waals surface area contributed by atoms with Crippen molar-refractivity contribution in [2.24, 2.45) is 0 Å². The molecular weight excluding hydrogens is 596 g/mol. The molecule has 10 nitrogen and oxygen atoms in total. The summed E-state index contributed by atoms with van der Waals surface area (Å²) in [7, 11) is 0.678. The Morgan fingerprint density at radius 2 is 1.55 bits per heavy atom. The van der Waals surface area contributed by atoms with E-state index in [1.54, 1.807) is 24.3 Å². The maximum atomic E-state index is 13.0. The third-order valence-corrected chi connectivity index (χ3v) is 10.3. The molecule has 2 aliphatic rings. The molecule has 0 radical (unpaired) electrons. The number of hydrogen-bond acceptors (Lipinski definition) is 8. The van der Waals surface area contributed by atoms with E-state index in [1.165, 1.54) is 0 Å². The van der Waals surface area contributed by atoms with Gasteiger partial charge in [0, 0.05) is 105 Å². The summed E-state index contributed by atoms with van der Waals surface area (Å²) in [6, 6.07) is 16.9. The number of aromatic amines is 1. The number of hydrogen-bond donors (Lipinski definition) is 3. The molecule has 4 aromatic rings. The molecule has 4 heterocycles. The molecule has 44 heavy (non-hydrogen) atoms. The molecule has 2 aromatic carbocycles. The largest absolute Gasteiger partial charge is 0.369 e. The smallest absolute Gasteiger partial charge is 0.240 e. The van der Waals surface area contributed by atoms with Gasteiger partial charge in [0.05, 0.1) is 4.90 Å². The minimum atomic E-state index is -3.64. The molecule has 0 bridgehead atoms. The summed E-state index contributed by atoms with van der Waals surface area (Å²) in [5.74, 6) is 1.72. The molecule has 234 valence electrons. The van der Waals surface area contributed by atoms with Crippen LogP contribution in [0.1, 0.15) is 12.0 Å². The fourth-order valence-electron chi connectivity index (χ4n) is 5.80. The molecule has 0 atom stereocenters. The third-order valence-electron chi connectivity index (χ3n) is 8.57. The molecule has 0 unspecified atom stereocenters. The van der Waals surface area contributed by atoms with E-state index in [-0.39, 0.29) is 4.90 Å². The van der Waals surface area contributed by atoms with Crippen LogP contribution in [0, 0.1) is 0 Å². The lowest BCUT2D eigenvalue weighted by atomic mass is 10.1. The Labute approximate surface area is 265 Å². The van der Waals surface area contributed by atoms with E-state index < -0.39 is 10.0 Å². The number of piperazine rings is 2. The van der Waals surface area contributed by atoms with Gasteiger partial charge in [0.1, 0.15) is 11.6 Å². The van der Waals surface area contributed by atoms with Gasteiger partial charge in [0.15, 0.2) is 0 Å². The highest BCUT2D eigenvalue weighted by Gasteiger charge is 2.21. The average molecular weight is 637 g/mol. The van der Waals surface area contributed by atoms with Gasteiger partial charge < -0.3 is 29.9 Å². The molecule has 2 saturated heterocycles. The highest BCUT2D eigenvalue weighted by molar-refractivity contribution is 7.89. The Bertz CT molecular complexity index is 1640. The minimum Gasteiger partial charge on any atom is -0.369 e. The van der Waals surface area contributed by atoms with E-state index in [1.807, 2.05) is 24.4 Å². The molecule has 0 spiro atoms. The van der Waals surface area contributed by atoms with Crippen LogP contribution in [0.25, 0.3) is 10.9 Å². The van der Waals surface area contributed by atoms with Gasteiger partial charge in [-0.25, -0.2) is 18.1 Å². The number of aryl methyl sites for hydroxylation is 1. The number of aromatic nitrogens is 2. The van der Waals surface area contributed by atoms with E-state index in [0.717, 1.165) is 98.3 Å². The van der Waals surface area contributed by atoms with Crippen LogP contribution in [-0.4, -0.2) is 101 Å². The summed E-state index contributed by atoms with van der Waals surface area (Å²) in [5.41, 5.74) is 4.09. The van der Waals surface area contributed by atoms with Crippen molar-refractivity contribution in [3.05, 3.63) is 71.4 Å². The van der Waals surface area contributed by atoms with Gasteiger partial charge >= 0.3 is 0 Å². The summed E-state index contributed by atoms with van der Waals surface area (Å²) in [4.78, 5) is 17.9. The summed E-state index contributed by atoms with van der Waals surface area (Å²) < 4.78 is 28.8. The first-order chi connectivity index (χ1) is 21.2. The van der Waals surface area contributed by atoms with Crippen molar-refractivity contribution in [3.8, 4) is 0 Å². The molecule has 0 aliphatic carbocycles. The standard InChI is InChI=1S/C32H41ClN8O2S/c1-38-12-16-40(17-13-38)27-21-31(37-32(22-27)41-18-14-39(2)15-19-41)36-26-6-8-28(9-7-26)44(42,43)35-11-3-4-24-23-34-30-10-5-25(33)20-29(24)30/h5-10,20-23,34-35H,3-4,11-19H2,1-2H3,(H,36,37). The lowest BCUT2D eigenvalue weighted by Crippen LogP contribution is -2.45. The first-order valence-electron chi connectivity index (χ1n) is 15.2. The summed E-state index contributed by atoms with van der Waals surface area (Å²) in [5, 5.41) is 5.19. The van der Waals surface area contributed by atoms with E-state index in [4.69, 9.17) is 16.6 Å². The number of fused-ring (bicyclic) bond motifs is 1. The second-order valence-electron chi connectivity index (χ2n) is 11.8. The number of benzene rings is 2. The molecule has 2 fully saturated rings. The molecular formula is C32H41ClN8O2S. The van der Waals surface area contributed by atoms with Crippen molar-refractivity contribution in [1.29, 1.82) is 0 Å². The number of sulfonamides is 1. The monoisotopic (exact) mass is 636 g/mol. The molecule has 0 saturated carbocycles. The van der Waals surface area contributed by atoms with Gasteiger partial charge in [-0.3, -0.25) is 0 Å². The fraction of sp³-hybridized carbons (Fsp3) is 0.406. The Balaban J connectivity index is 1.10. The molecule has 0 amide bonds. The van der Waals surface area contributed by atoms with Gasteiger partial charge in [-0.05, 0) is 75.0 Å². The van der Waals surface area contributed by atoms with Crippen LogP contribution in [0.15, 0.2) is 65.7 Å². The van der Waals surface area contributed by atoms with Gasteiger partial charge in [0.2, 0.25) is 10.0 Å². The summed E-state index contributed by atoms with van der Waals surface area (Å²) in [6.07, 6.45) is 3.37. The normalized spacial score (nSPS) is 17.0. The van der Waals surface area contributed by atoms with Gasteiger partial charge in [-0.15, -0.1) is 0 Å². The molecule has 2 aromatic heterocycles. The lowest BCUT2D eigenvalue weighted by Gasteiger charge is -2.36. The second kappa shape index (κ2) is 13.3. The Morgan fingerprint density at radius 3 is 2.25 bits per heavy atom. The number of nitrogens with one attached hydrogen (secondary N) is 3. The Kier molecular flexibility index (Phi) is 9.29. The topological polar surface area (TPSA) is 99.8 Å². The van der Waals surface area contributed by atoms with Crippen LogP contribution in [0.5, 0.6) is 0 Å². The highest BCUT2D eigenvalue weighted by Crippen LogP contribution is 2.29. The number of nitrogens with zero attached hydrogens (tertiary/aromatic N) is 5. The summed E-state index contributed by atoms with van der Waals surface area (Å²) in [6.45, 7) is 8.21. The number of halogens is 1. The van der Waals surface area contributed by atoms with E-state index >= 15 is 0 Å². The zero-order chi connectivity index (χ0) is 30.7. The Hall–Kier alpha value is -3.35. The van der Waals surface area contributed by atoms with Crippen molar-refractivity contribution >= 4 is 55.5 Å². The number of anilines is 4. The van der Waals surface area contributed by atoms with Gasteiger partial charge in [-0.1, -0.05) is 11.6 Å². The predicted molar refractivity (Wildman–Crippen MR) is 180 cm³/mol. The van der Waals surface area contributed by atoms with Crippen molar-refractivity contribution in [2.45, 2.75) is 17.7 Å². The lowest BCUT2D eigenvalue weighted by molar-refractivity contribution is 0.311. The molecule has 3 N–H and O–H groups in total. The molecule has 6 rings (SSSR count). The average Bonchev–Trinajstić information content (AvgIpc) is 3.42. The van der Waals surface area contributed by atoms with E-state index in [0.29, 0.717) is 18.0 Å². The Morgan fingerprint density at radius 1 is 0.864 bits per heavy atom. The van der Waals surface area contributed by atoms with E-state index in [2.05, 4.69) is 60.9 Å². The van der Waals surface area contributed by atoms with Crippen molar-refractivity contribution in [3.63, 3.8) is 0 Å².